The lowest BCUT2D eigenvalue weighted by atomic mass is 10.2. The Morgan fingerprint density at radius 2 is 1.94 bits per heavy atom. The van der Waals surface area contributed by atoms with E-state index in [1.807, 2.05) is 31.2 Å². The fourth-order valence-corrected chi connectivity index (χ4v) is 2.67. The van der Waals surface area contributed by atoms with E-state index >= 15 is 0 Å². The summed E-state index contributed by atoms with van der Waals surface area (Å²) in [6, 6.07) is 8.24. The molecule has 2 unspecified atom stereocenters. The van der Waals surface area contributed by atoms with E-state index in [0.29, 0.717) is 11.8 Å². The number of aryl methyl sites for hydroxylation is 1. The van der Waals surface area contributed by atoms with Crippen LogP contribution in [0.5, 0.6) is 0 Å². The second-order valence-electron chi connectivity index (χ2n) is 4.18. The Kier molecular flexibility index (Phi) is 5.71. The van der Waals surface area contributed by atoms with Crippen LogP contribution in [-0.4, -0.2) is 22.5 Å². The van der Waals surface area contributed by atoms with Gasteiger partial charge in [-0.3, -0.25) is 4.21 Å². The Morgan fingerprint density at radius 3 is 2.50 bits per heavy atom. The SMILES string of the molecule is CCCNC(C)CS(=O)c1ccc(C)cc1. The Labute approximate surface area is 101 Å². The van der Waals surface area contributed by atoms with Gasteiger partial charge in [0.25, 0.3) is 0 Å². The van der Waals surface area contributed by atoms with Crippen molar-refractivity contribution in [2.75, 3.05) is 12.3 Å². The first-order valence-electron chi connectivity index (χ1n) is 5.82. The van der Waals surface area contributed by atoms with E-state index in [2.05, 4.69) is 19.2 Å². The molecule has 90 valence electrons. The molecule has 2 atom stereocenters. The fourth-order valence-electron chi connectivity index (χ4n) is 1.46. The molecule has 0 saturated heterocycles. The molecule has 1 N–H and O–H groups in total. The lowest BCUT2D eigenvalue weighted by molar-refractivity contribution is 0.582. The van der Waals surface area contributed by atoms with Crippen LogP contribution < -0.4 is 5.32 Å². The monoisotopic (exact) mass is 239 g/mol. The first-order chi connectivity index (χ1) is 7.63. The highest BCUT2D eigenvalue weighted by Gasteiger charge is 2.08. The summed E-state index contributed by atoms with van der Waals surface area (Å²) in [4.78, 5) is 0.927. The van der Waals surface area contributed by atoms with Crippen molar-refractivity contribution in [3.05, 3.63) is 29.8 Å². The van der Waals surface area contributed by atoms with Crippen LogP contribution in [-0.2, 0) is 10.8 Å². The molecule has 1 aromatic carbocycles. The lowest BCUT2D eigenvalue weighted by Gasteiger charge is -2.12. The summed E-state index contributed by atoms with van der Waals surface area (Å²) < 4.78 is 12.0. The topological polar surface area (TPSA) is 29.1 Å². The van der Waals surface area contributed by atoms with E-state index in [1.54, 1.807) is 0 Å². The summed E-state index contributed by atoms with van der Waals surface area (Å²) in [5.74, 6) is 0.684. The van der Waals surface area contributed by atoms with Crippen LogP contribution in [0.3, 0.4) is 0 Å². The van der Waals surface area contributed by atoms with Crippen LogP contribution in [0.4, 0.5) is 0 Å². The van der Waals surface area contributed by atoms with Crippen molar-refractivity contribution in [3.8, 4) is 0 Å². The highest BCUT2D eigenvalue weighted by atomic mass is 32.2. The smallest absolute Gasteiger partial charge is 0.0545 e. The minimum atomic E-state index is -0.888. The van der Waals surface area contributed by atoms with E-state index in [1.165, 1.54) is 5.56 Å². The molecule has 0 fully saturated rings. The standard InChI is InChI=1S/C13H21NOS/c1-4-9-14-12(3)10-16(15)13-7-5-11(2)6-8-13/h5-8,12,14H,4,9-10H2,1-3H3. The van der Waals surface area contributed by atoms with Gasteiger partial charge in [-0.05, 0) is 38.9 Å². The summed E-state index contributed by atoms with van der Waals surface area (Å²) >= 11 is 0. The van der Waals surface area contributed by atoms with Gasteiger partial charge in [-0.15, -0.1) is 0 Å². The van der Waals surface area contributed by atoms with Crippen LogP contribution in [0, 0.1) is 6.92 Å². The zero-order valence-corrected chi connectivity index (χ0v) is 11.1. The minimum Gasteiger partial charge on any atom is -0.313 e. The number of benzene rings is 1. The Hall–Kier alpha value is -0.670. The normalized spacial score (nSPS) is 14.7. The molecule has 3 heteroatoms. The molecule has 0 aliphatic heterocycles. The molecule has 16 heavy (non-hydrogen) atoms. The highest BCUT2D eigenvalue weighted by molar-refractivity contribution is 7.85. The van der Waals surface area contributed by atoms with E-state index in [0.717, 1.165) is 17.9 Å². The zero-order chi connectivity index (χ0) is 12.0. The maximum atomic E-state index is 12.0. The van der Waals surface area contributed by atoms with Gasteiger partial charge in [-0.1, -0.05) is 24.6 Å². The van der Waals surface area contributed by atoms with Crippen molar-refractivity contribution >= 4 is 10.8 Å². The second kappa shape index (κ2) is 6.81. The van der Waals surface area contributed by atoms with Crippen LogP contribution in [0.2, 0.25) is 0 Å². The third kappa shape index (κ3) is 4.45. The van der Waals surface area contributed by atoms with Crippen LogP contribution in [0.25, 0.3) is 0 Å². The van der Waals surface area contributed by atoms with Gasteiger partial charge in [0.05, 0.1) is 10.8 Å². The van der Waals surface area contributed by atoms with E-state index in [9.17, 15) is 4.21 Å². The fraction of sp³-hybridized carbons (Fsp3) is 0.538. The molecule has 2 nitrogen and oxygen atoms in total. The molecule has 0 amide bonds. The Morgan fingerprint density at radius 1 is 1.31 bits per heavy atom. The highest BCUT2D eigenvalue weighted by Crippen LogP contribution is 2.09. The largest absolute Gasteiger partial charge is 0.313 e. The van der Waals surface area contributed by atoms with Gasteiger partial charge in [-0.2, -0.15) is 0 Å². The molecule has 0 bridgehead atoms. The van der Waals surface area contributed by atoms with Crippen LogP contribution in [0.1, 0.15) is 25.8 Å². The number of rotatable bonds is 6. The molecular weight excluding hydrogens is 218 g/mol. The van der Waals surface area contributed by atoms with Gasteiger partial charge < -0.3 is 5.32 Å². The van der Waals surface area contributed by atoms with Gasteiger partial charge >= 0.3 is 0 Å². The molecule has 0 spiro atoms. The third-order valence-corrected chi connectivity index (χ3v) is 4.03. The summed E-state index contributed by atoms with van der Waals surface area (Å²) in [5, 5.41) is 3.35. The predicted molar refractivity (Wildman–Crippen MR) is 70.2 cm³/mol. The molecule has 0 heterocycles. The lowest BCUT2D eigenvalue weighted by Crippen LogP contribution is -2.31. The van der Waals surface area contributed by atoms with Crippen molar-refractivity contribution in [2.24, 2.45) is 0 Å². The van der Waals surface area contributed by atoms with Gasteiger partial charge in [0.15, 0.2) is 0 Å². The average Bonchev–Trinajstić information content (AvgIpc) is 2.27. The molecule has 0 aliphatic carbocycles. The van der Waals surface area contributed by atoms with Gasteiger partial charge in [0.1, 0.15) is 0 Å². The molecule has 0 radical (unpaired) electrons. The van der Waals surface area contributed by atoms with Gasteiger partial charge in [0, 0.05) is 16.7 Å². The molecule has 0 aromatic heterocycles. The van der Waals surface area contributed by atoms with Crippen molar-refractivity contribution in [1.82, 2.24) is 5.32 Å². The predicted octanol–water partition coefficient (Wildman–Crippen LogP) is 2.49. The van der Waals surface area contributed by atoms with E-state index in [-0.39, 0.29) is 0 Å². The number of nitrogens with one attached hydrogen (secondary N) is 1. The zero-order valence-electron chi connectivity index (χ0n) is 10.3. The van der Waals surface area contributed by atoms with Crippen LogP contribution in [0.15, 0.2) is 29.2 Å². The molecular formula is C13H21NOS. The van der Waals surface area contributed by atoms with Crippen molar-refractivity contribution < 1.29 is 4.21 Å². The maximum Gasteiger partial charge on any atom is 0.0545 e. The summed E-state index contributed by atoms with van der Waals surface area (Å²) in [5.41, 5.74) is 1.21. The van der Waals surface area contributed by atoms with Crippen molar-refractivity contribution in [3.63, 3.8) is 0 Å². The molecule has 1 rings (SSSR count). The van der Waals surface area contributed by atoms with E-state index in [4.69, 9.17) is 0 Å². The quantitative estimate of drug-likeness (QED) is 0.826. The molecule has 0 aliphatic rings. The Balaban J connectivity index is 2.48. The molecule has 1 aromatic rings. The van der Waals surface area contributed by atoms with Crippen molar-refractivity contribution in [2.45, 2.75) is 38.1 Å². The number of hydrogen-bond donors (Lipinski definition) is 1. The van der Waals surface area contributed by atoms with Gasteiger partial charge in [0.2, 0.25) is 0 Å². The summed E-state index contributed by atoms with van der Waals surface area (Å²) in [6.45, 7) is 7.25. The minimum absolute atomic E-state index is 0.307. The first kappa shape index (κ1) is 13.4. The summed E-state index contributed by atoms with van der Waals surface area (Å²) in [7, 11) is -0.888. The van der Waals surface area contributed by atoms with Crippen molar-refractivity contribution in [1.29, 1.82) is 0 Å². The van der Waals surface area contributed by atoms with E-state index < -0.39 is 10.8 Å². The maximum absolute atomic E-state index is 12.0. The third-order valence-electron chi connectivity index (χ3n) is 2.43. The Bertz CT molecular complexity index is 334. The second-order valence-corrected chi connectivity index (χ2v) is 5.68. The number of hydrogen-bond acceptors (Lipinski definition) is 2. The average molecular weight is 239 g/mol. The first-order valence-corrected chi connectivity index (χ1v) is 7.13. The van der Waals surface area contributed by atoms with Gasteiger partial charge in [-0.25, -0.2) is 0 Å². The molecule has 0 saturated carbocycles. The van der Waals surface area contributed by atoms with Crippen LogP contribution >= 0.6 is 0 Å². The summed E-state index contributed by atoms with van der Waals surface area (Å²) in [6.07, 6.45) is 1.11.